The Balaban J connectivity index is 2.05. The predicted molar refractivity (Wildman–Crippen MR) is 43.7 cm³/mol. The van der Waals surface area contributed by atoms with E-state index in [1.807, 2.05) is 0 Å². The topological polar surface area (TPSA) is 0 Å². The summed E-state index contributed by atoms with van der Waals surface area (Å²) in [6.45, 7) is 7.22. The van der Waals surface area contributed by atoms with Crippen LogP contribution in [0.4, 0.5) is 0 Å². The van der Waals surface area contributed by atoms with Crippen LogP contribution in [0.1, 0.15) is 33.6 Å². The van der Waals surface area contributed by atoms with Crippen LogP contribution in [0.3, 0.4) is 0 Å². The summed E-state index contributed by atoms with van der Waals surface area (Å²) < 4.78 is 0. The van der Waals surface area contributed by atoms with Crippen molar-refractivity contribution in [3.8, 4) is 0 Å². The van der Waals surface area contributed by atoms with Crippen molar-refractivity contribution in [3.63, 3.8) is 0 Å². The summed E-state index contributed by atoms with van der Waals surface area (Å²) >= 11 is 0. The Kier molecular flexibility index (Phi) is 1.33. The third-order valence-electron chi connectivity index (χ3n) is 3.79. The van der Waals surface area contributed by atoms with Gasteiger partial charge in [-0.25, -0.2) is 0 Å². The Morgan fingerprint density at radius 2 is 1.90 bits per heavy atom. The minimum absolute atomic E-state index is 0.952. The highest BCUT2D eigenvalue weighted by Gasteiger charge is 2.51. The van der Waals surface area contributed by atoms with Crippen molar-refractivity contribution in [1.29, 1.82) is 0 Å². The Labute approximate surface area is 64.0 Å². The zero-order valence-corrected chi connectivity index (χ0v) is 7.30. The van der Waals surface area contributed by atoms with Crippen LogP contribution in [0.25, 0.3) is 0 Å². The molecule has 0 nitrogen and oxygen atoms in total. The maximum absolute atomic E-state index is 2.44. The molecule has 4 unspecified atom stereocenters. The fourth-order valence-corrected chi connectivity index (χ4v) is 3.37. The van der Waals surface area contributed by atoms with E-state index < -0.39 is 0 Å². The summed E-state index contributed by atoms with van der Waals surface area (Å²) in [7, 11) is 0. The number of hydrogen-bond donors (Lipinski definition) is 0. The first-order valence-electron chi connectivity index (χ1n) is 4.70. The molecule has 0 aromatic heterocycles. The fraction of sp³-hybridized carbons (Fsp3) is 1.00. The molecule has 0 heterocycles. The van der Waals surface area contributed by atoms with E-state index in [9.17, 15) is 0 Å². The van der Waals surface area contributed by atoms with Crippen LogP contribution in [-0.4, -0.2) is 0 Å². The summed E-state index contributed by atoms with van der Waals surface area (Å²) in [6, 6.07) is 0. The van der Waals surface area contributed by atoms with Gasteiger partial charge in [-0.2, -0.15) is 0 Å². The molecule has 3 fully saturated rings. The van der Waals surface area contributed by atoms with Crippen LogP contribution in [0.2, 0.25) is 0 Å². The first kappa shape index (κ1) is 6.69. The fourth-order valence-electron chi connectivity index (χ4n) is 3.37. The molecule has 3 saturated carbocycles. The van der Waals surface area contributed by atoms with Gasteiger partial charge in [-0.1, -0.05) is 20.8 Å². The molecule has 4 atom stereocenters. The number of hydrogen-bond acceptors (Lipinski definition) is 0. The van der Waals surface area contributed by atoms with Crippen LogP contribution >= 0.6 is 0 Å². The van der Waals surface area contributed by atoms with Gasteiger partial charge in [0.1, 0.15) is 0 Å². The second-order valence-electron chi connectivity index (χ2n) is 4.69. The lowest BCUT2D eigenvalue weighted by molar-refractivity contribution is 0.0922. The van der Waals surface area contributed by atoms with Crippen molar-refractivity contribution in [2.45, 2.75) is 33.6 Å². The molecular formula is C10H18. The molecular weight excluding hydrogens is 120 g/mol. The van der Waals surface area contributed by atoms with Crippen LogP contribution in [0, 0.1) is 29.6 Å². The second-order valence-corrected chi connectivity index (χ2v) is 4.69. The van der Waals surface area contributed by atoms with Gasteiger partial charge in [0, 0.05) is 0 Å². The maximum Gasteiger partial charge on any atom is -0.0331 e. The molecule has 0 N–H and O–H groups in total. The molecule has 10 heavy (non-hydrogen) atoms. The zero-order valence-electron chi connectivity index (χ0n) is 7.30. The molecule has 0 heteroatoms. The Hall–Kier alpha value is 0. The minimum Gasteiger partial charge on any atom is -0.0625 e. The SMILES string of the molecule is CC(C)C1C2CC(C)C1C2. The average Bonchev–Trinajstić information content (AvgIpc) is 2.18. The Bertz CT molecular complexity index is 137. The van der Waals surface area contributed by atoms with Gasteiger partial charge in [0.2, 0.25) is 0 Å². The molecule has 3 aliphatic rings. The second kappa shape index (κ2) is 1.99. The van der Waals surface area contributed by atoms with Gasteiger partial charge in [-0.15, -0.1) is 0 Å². The monoisotopic (exact) mass is 138 g/mol. The molecule has 0 amide bonds. The first-order valence-corrected chi connectivity index (χ1v) is 4.70. The quantitative estimate of drug-likeness (QED) is 0.522. The van der Waals surface area contributed by atoms with Crippen LogP contribution < -0.4 is 0 Å². The third-order valence-corrected chi connectivity index (χ3v) is 3.79. The van der Waals surface area contributed by atoms with E-state index in [4.69, 9.17) is 0 Å². The van der Waals surface area contributed by atoms with E-state index in [1.54, 1.807) is 6.42 Å². The lowest BCUT2D eigenvalue weighted by atomic mass is 9.66. The molecule has 0 spiro atoms. The number of fused-ring (bicyclic) bond motifs is 1. The third kappa shape index (κ3) is 0.681. The van der Waals surface area contributed by atoms with Gasteiger partial charge in [-0.05, 0) is 42.4 Å². The van der Waals surface area contributed by atoms with Crippen molar-refractivity contribution in [2.75, 3.05) is 0 Å². The molecule has 0 aromatic carbocycles. The number of rotatable bonds is 1. The normalized spacial score (nSPS) is 51.6. The molecule has 3 rings (SSSR count). The van der Waals surface area contributed by atoms with Crippen LogP contribution in [0.15, 0.2) is 0 Å². The van der Waals surface area contributed by atoms with Gasteiger partial charge in [0.25, 0.3) is 0 Å². The predicted octanol–water partition coefficient (Wildman–Crippen LogP) is 2.93. The van der Waals surface area contributed by atoms with Crippen molar-refractivity contribution in [1.82, 2.24) is 0 Å². The Morgan fingerprint density at radius 3 is 2.10 bits per heavy atom. The van der Waals surface area contributed by atoms with Crippen molar-refractivity contribution >= 4 is 0 Å². The average molecular weight is 138 g/mol. The highest BCUT2D eigenvalue weighted by atomic mass is 14.6. The lowest BCUT2D eigenvalue weighted by Gasteiger charge is -2.39. The molecule has 0 radical (unpaired) electrons. The van der Waals surface area contributed by atoms with Crippen molar-refractivity contribution < 1.29 is 0 Å². The van der Waals surface area contributed by atoms with Gasteiger partial charge in [-0.3, -0.25) is 0 Å². The van der Waals surface area contributed by atoms with E-state index in [-0.39, 0.29) is 0 Å². The minimum atomic E-state index is 0.952. The van der Waals surface area contributed by atoms with E-state index in [1.165, 1.54) is 6.42 Å². The molecule has 3 aliphatic carbocycles. The summed E-state index contributed by atoms with van der Waals surface area (Å²) in [6.07, 6.45) is 3.09. The van der Waals surface area contributed by atoms with Gasteiger partial charge >= 0.3 is 0 Å². The van der Waals surface area contributed by atoms with Gasteiger partial charge in [0.05, 0.1) is 0 Å². The molecule has 2 bridgehead atoms. The molecule has 0 saturated heterocycles. The van der Waals surface area contributed by atoms with E-state index in [0.717, 1.165) is 29.6 Å². The maximum atomic E-state index is 2.44. The summed E-state index contributed by atoms with van der Waals surface area (Å²) in [5, 5.41) is 0. The highest BCUT2D eigenvalue weighted by molar-refractivity contribution is 5.00. The van der Waals surface area contributed by atoms with Gasteiger partial charge in [0.15, 0.2) is 0 Å². The highest BCUT2D eigenvalue weighted by Crippen LogP contribution is 2.59. The van der Waals surface area contributed by atoms with Gasteiger partial charge < -0.3 is 0 Å². The molecule has 58 valence electrons. The largest absolute Gasteiger partial charge is 0.0625 e. The Morgan fingerprint density at radius 1 is 1.20 bits per heavy atom. The molecule has 0 aliphatic heterocycles. The zero-order chi connectivity index (χ0) is 7.30. The molecule has 0 aromatic rings. The first-order chi connectivity index (χ1) is 4.70. The summed E-state index contributed by atoms with van der Waals surface area (Å²) in [5.41, 5.74) is 0. The standard InChI is InChI=1S/C10H18/c1-6(2)10-8-4-7(3)9(10)5-8/h6-10H,4-5H2,1-3H3. The lowest BCUT2D eigenvalue weighted by Crippen LogP contribution is -2.33. The van der Waals surface area contributed by atoms with Crippen LogP contribution in [0.5, 0.6) is 0 Å². The summed E-state index contributed by atoms with van der Waals surface area (Å²) in [4.78, 5) is 0. The summed E-state index contributed by atoms with van der Waals surface area (Å²) in [5.74, 6) is 5.35. The van der Waals surface area contributed by atoms with E-state index in [2.05, 4.69) is 20.8 Å². The van der Waals surface area contributed by atoms with Crippen molar-refractivity contribution in [3.05, 3.63) is 0 Å². The van der Waals surface area contributed by atoms with E-state index >= 15 is 0 Å². The van der Waals surface area contributed by atoms with Crippen molar-refractivity contribution in [2.24, 2.45) is 29.6 Å². The van der Waals surface area contributed by atoms with Crippen LogP contribution in [-0.2, 0) is 0 Å². The smallest absolute Gasteiger partial charge is 0.0331 e. The van der Waals surface area contributed by atoms with E-state index in [0.29, 0.717) is 0 Å².